The van der Waals surface area contributed by atoms with E-state index in [1.54, 1.807) is 6.92 Å². The van der Waals surface area contributed by atoms with Crippen molar-refractivity contribution in [2.24, 2.45) is 23.7 Å². The summed E-state index contributed by atoms with van der Waals surface area (Å²) in [4.78, 5) is 23.8. The summed E-state index contributed by atoms with van der Waals surface area (Å²) in [6.07, 6.45) is 6.64. The van der Waals surface area contributed by atoms with Crippen molar-refractivity contribution in [3.63, 3.8) is 0 Å². The number of aliphatic hydroxyl groups is 1. The van der Waals surface area contributed by atoms with Crippen LogP contribution < -0.4 is 0 Å². The average molecular weight is 407 g/mol. The lowest BCUT2D eigenvalue weighted by molar-refractivity contribution is -0.234. The third-order valence-electron chi connectivity index (χ3n) is 6.64. The molecule has 6 atom stereocenters. The molecule has 0 aliphatic heterocycles. The summed E-state index contributed by atoms with van der Waals surface area (Å²) >= 11 is 0. The Labute approximate surface area is 175 Å². The van der Waals surface area contributed by atoms with Crippen molar-refractivity contribution in [1.82, 2.24) is 0 Å². The van der Waals surface area contributed by atoms with Crippen molar-refractivity contribution in [3.8, 4) is 0 Å². The Kier molecular flexibility index (Phi) is 7.72. The first-order chi connectivity index (χ1) is 13.4. The fraction of sp³-hybridized carbons (Fsp3) is 0.750. The second-order valence-corrected chi connectivity index (χ2v) is 9.48. The molecule has 29 heavy (non-hydrogen) atoms. The summed E-state index contributed by atoms with van der Waals surface area (Å²) < 4.78 is 11.4. The largest absolute Gasteiger partial charge is 0.458 e. The fourth-order valence-electron chi connectivity index (χ4n) is 5.30. The van der Waals surface area contributed by atoms with Crippen molar-refractivity contribution in [2.75, 3.05) is 0 Å². The normalized spacial score (nSPS) is 35.8. The van der Waals surface area contributed by atoms with E-state index in [-0.39, 0.29) is 23.7 Å². The molecule has 0 radical (unpaired) electrons. The van der Waals surface area contributed by atoms with E-state index in [1.807, 2.05) is 0 Å². The highest BCUT2D eigenvalue weighted by Crippen LogP contribution is 2.50. The number of fused-ring (bicyclic) bond motifs is 1. The van der Waals surface area contributed by atoms with Crippen molar-refractivity contribution in [1.29, 1.82) is 0 Å². The summed E-state index contributed by atoms with van der Waals surface area (Å²) in [5.74, 6) is -0.839. The van der Waals surface area contributed by atoms with E-state index in [0.29, 0.717) is 0 Å². The number of ether oxygens (including phenoxy) is 2. The highest BCUT2D eigenvalue weighted by molar-refractivity contribution is 5.67. The molecule has 0 bridgehead atoms. The molecule has 2 rings (SSSR count). The molecule has 6 unspecified atom stereocenters. The molecule has 1 N–H and O–H groups in total. The van der Waals surface area contributed by atoms with Crippen LogP contribution in [0.4, 0.5) is 0 Å². The predicted octanol–water partition coefficient (Wildman–Crippen LogP) is 4.59. The van der Waals surface area contributed by atoms with Crippen molar-refractivity contribution >= 4 is 11.9 Å². The minimum atomic E-state index is -1.31. The van der Waals surface area contributed by atoms with Crippen LogP contribution in [0.25, 0.3) is 0 Å². The Balaban J connectivity index is 2.62. The first-order valence-electron chi connectivity index (χ1n) is 10.8. The second kappa shape index (κ2) is 9.46. The van der Waals surface area contributed by atoms with Crippen molar-refractivity contribution < 1.29 is 24.2 Å². The maximum atomic E-state index is 11.9. The van der Waals surface area contributed by atoms with E-state index in [0.717, 1.165) is 25.7 Å². The SMILES string of the molecule is CC(=O)OC1C(C(C)C)C2C=C(C)CCC=C(C)CCC2C(C)(O)C1OC(C)=O. The molecule has 0 amide bonds. The Hall–Kier alpha value is -1.62. The topological polar surface area (TPSA) is 72.8 Å². The molecule has 0 spiro atoms. The van der Waals surface area contributed by atoms with Gasteiger partial charge in [0.1, 0.15) is 11.7 Å². The maximum Gasteiger partial charge on any atom is 0.303 e. The fourth-order valence-corrected chi connectivity index (χ4v) is 5.30. The number of allylic oxidation sites excluding steroid dienone is 4. The van der Waals surface area contributed by atoms with Gasteiger partial charge in [-0.2, -0.15) is 0 Å². The highest BCUT2D eigenvalue weighted by atomic mass is 16.6. The van der Waals surface area contributed by atoms with Gasteiger partial charge >= 0.3 is 11.9 Å². The standard InChI is InChI=1S/C24H38O5/c1-14(2)21-19-13-16(4)10-8-9-15(3)11-12-20(19)24(7,27)23(29-18(6)26)22(21)28-17(5)25/h9,13-14,19-23,27H,8,10-12H2,1-7H3. The molecule has 0 aromatic heterocycles. The van der Waals surface area contributed by atoms with Gasteiger partial charge in [0.2, 0.25) is 0 Å². The van der Waals surface area contributed by atoms with E-state index >= 15 is 0 Å². The number of carbonyl (C=O) groups is 2. The molecule has 1 saturated carbocycles. The quantitative estimate of drug-likeness (QED) is 0.548. The number of hydrogen-bond donors (Lipinski definition) is 1. The van der Waals surface area contributed by atoms with Crippen LogP contribution >= 0.6 is 0 Å². The van der Waals surface area contributed by atoms with Crippen LogP contribution in [-0.4, -0.2) is 34.9 Å². The van der Waals surface area contributed by atoms with E-state index in [2.05, 4.69) is 39.8 Å². The molecular weight excluding hydrogens is 368 g/mol. The van der Waals surface area contributed by atoms with E-state index < -0.39 is 29.7 Å². The van der Waals surface area contributed by atoms with Crippen LogP contribution in [0.3, 0.4) is 0 Å². The molecule has 5 nitrogen and oxygen atoms in total. The molecule has 2 aliphatic rings. The van der Waals surface area contributed by atoms with Crippen LogP contribution in [-0.2, 0) is 19.1 Å². The zero-order valence-corrected chi connectivity index (χ0v) is 19.0. The minimum Gasteiger partial charge on any atom is -0.458 e. The first-order valence-corrected chi connectivity index (χ1v) is 10.8. The van der Waals surface area contributed by atoms with Gasteiger partial charge in [-0.05, 0) is 64.2 Å². The lowest BCUT2D eigenvalue weighted by Gasteiger charge is -2.54. The molecular formula is C24H38O5. The van der Waals surface area contributed by atoms with Gasteiger partial charge in [0.05, 0.1) is 0 Å². The lowest BCUT2D eigenvalue weighted by atomic mass is 9.57. The Bertz CT molecular complexity index is 671. The first kappa shape index (κ1) is 23.7. The van der Waals surface area contributed by atoms with Gasteiger partial charge in [-0.25, -0.2) is 0 Å². The van der Waals surface area contributed by atoms with Crippen molar-refractivity contribution in [3.05, 3.63) is 23.3 Å². The third-order valence-corrected chi connectivity index (χ3v) is 6.64. The minimum absolute atomic E-state index is 0.0343. The molecule has 0 aromatic carbocycles. The van der Waals surface area contributed by atoms with Gasteiger partial charge in [-0.3, -0.25) is 9.59 Å². The van der Waals surface area contributed by atoms with Crippen LogP contribution in [0, 0.1) is 23.7 Å². The Morgan fingerprint density at radius 3 is 2.28 bits per heavy atom. The zero-order valence-electron chi connectivity index (χ0n) is 19.0. The van der Waals surface area contributed by atoms with Crippen LogP contribution in [0.2, 0.25) is 0 Å². The van der Waals surface area contributed by atoms with Crippen molar-refractivity contribution in [2.45, 2.75) is 92.0 Å². The second-order valence-electron chi connectivity index (χ2n) is 9.48. The summed E-state index contributed by atoms with van der Waals surface area (Å²) in [6.45, 7) is 12.9. The Morgan fingerprint density at radius 2 is 1.72 bits per heavy atom. The van der Waals surface area contributed by atoms with E-state index in [9.17, 15) is 14.7 Å². The number of esters is 2. The van der Waals surface area contributed by atoms with Gasteiger partial charge in [-0.1, -0.05) is 37.1 Å². The molecule has 2 aliphatic carbocycles. The smallest absolute Gasteiger partial charge is 0.303 e. The summed E-state index contributed by atoms with van der Waals surface area (Å²) in [5.41, 5.74) is 1.29. The molecule has 0 saturated heterocycles. The lowest BCUT2D eigenvalue weighted by Crippen LogP contribution is -2.65. The molecule has 1 fully saturated rings. The third kappa shape index (κ3) is 5.50. The number of hydrogen-bond acceptors (Lipinski definition) is 5. The predicted molar refractivity (Wildman–Crippen MR) is 113 cm³/mol. The van der Waals surface area contributed by atoms with Gasteiger partial charge < -0.3 is 14.6 Å². The molecule has 164 valence electrons. The molecule has 0 heterocycles. The zero-order chi connectivity index (χ0) is 21.9. The number of carbonyl (C=O) groups excluding carboxylic acids is 2. The summed E-state index contributed by atoms with van der Waals surface area (Å²) in [5, 5.41) is 11.7. The van der Waals surface area contributed by atoms with Crippen LogP contribution in [0.5, 0.6) is 0 Å². The Morgan fingerprint density at radius 1 is 1.10 bits per heavy atom. The summed E-state index contributed by atoms with van der Waals surface area (Å²) in [7, 11) is 0. The van der Waals surface area contributed by atoms with Gasteiger partial charge in [0.25, 0.3) is 0 Å². The monoisotopic (exact) mass is 406 g/mol. The molecule has 5 heteroatoms. The van der Waals surface area contributed by atoms with Gasteiger partial charge in [-0.15, -0.1) is 0 Å². The highest BCUT2D eigenvalue weighted by Gasteiger charge is 2.59. The van der Waals surface area contributed by atoms with E-state index in [1.165, 1.54) is 25.0 Å². The van der Waals surface area contributed by atoms with Crippen LogP contribution in [0.15, 0.2) is 23.3 Å². The average Bonchev–Trinajstić information content (AvgIpc) is 2.56. The van der Waals surface area contributed by atoms with E-state index in [4.69, 9.17) is 9.47 Å². The summed E-state index contributed by atoms with van der Waals surface area (Å²) in [6, 6.07) is 0. The van der Waals surface area contributed by atoms with Gasteiger partial charge in [0.15, 0.2) is 6.10 Å². The van der Waals surface area contributed by atoms with Crippen LogP contribution in [0.1, 0.15) is 74.1 Å². The molecule has 0 aromatic rings. The number of rotatable bonds is 3. The maximum absolute atomic E-state index is 11.9. The van der Waals surface area contributed by atoms with Gasteiger partial charge in [0, 0.05) is 19.8 Å².